The average molecular weight is 259 g/mol. The minimum Gasteiger partial charge on any atom is -0.497 e. The zero-order chi connectivity index (χ0) is 13.9. The lowest BCUT2D eigenvalue weighted by molar-refractivity contribution is 0.0634. The number of hydrogen-bond donors (Lipinski definition) is 1. The van der Waals surface area contributed by atoms with Crippen LogP contribution in [0.3, 0.4) is 0 Å². The molecule has 1 aromatic carbocycles. The summed E-state index contributed by atoms with van der Waals surface area (Å²) >= 11 is 0. The summed E-state index contributed by atoms with van der Waals surface area (Å²) in [6.45, 7) is 4.94. The standard InChI is InChI=1S/C12H15F2NO3/c1-12(2,3)18-11(16)15-10-8(13)5-7(17-4)6-9(10)14/h5-6H,1-4H3,(H,15,16). The molecule has 0 unspecified atom stereocenters. The lowest BCUT2D eigenvalue weighted by atomic mass is 10.2. The predicted molar refractivity (Wildman–Crippen MR) is 62.8 cm³/mol. The van der Waals surface area contributed by atoms with Crippen molar-refractivity contribution in [2.75, 3.05) is 12.4 Å². The van der Waals surface area contributed by atoms with E-state index in [1.807, 2.05) is 5.32 Å². The monoisotopic (exact) mass is 259 g/mol. The van der Waals surface area contributed by atoms with Gasteiger partial charge in [0.1, 0.15) is 17.0 Å². The molecule has 0 bridgehead atoms. The van der Waals surface area contributed by atoms with E-state index in [9.17, 15) is 13.6 Å². The number of nitrogens with one attached hydrogen (secondary N) is 1. The third kappa shape index (κ3) is 3.87. The van der Waals surface area contributed by atoms with Gasteiger partial charge in [-0.05, 0) is 20.8 Å². The van der Waals surface area contributed by atoms with Crippen molar-refractivity contribution in [3.63, 3.8) is 0 Å². The van der Waals surface area contributed by atoms with Crippen LogP contribution in [0.15, 0.2) is 12.1 Å². The number of ether oxygens (including phenoxy) is 2. The molecule has 1 N–H and O–H groups in total. The molecule has 0 aliphatic carbocycles. The molecule has 0 atom stereocenters. The van der Waals surface area contributed by atoms with E-state index < -0.39 is 29.0 Å². The van der Waals surface area contributed by atoms with E-state index in [0.29, 0.717) is 0 Å². The molecule has 1 amide bonds. The maximum absolute atomic E-state index is 13.5. The zero-order valence-corrected chi connectivity index (χ0v) is 10.6. The molecule has 6 heteroatoms. The number of halogens is 2. The predicted octanol–water partition coefficient (Wildman–Crippen LogP) is 3.32. The van der Waals surface area contributed by atoms with Gasteiger partial charge in [-0.3, -0.25) is 5.32 Å². The number of benzene rings is 1. The number of rotatable bonds is 2. The van der Waals surface area contributed by atoms with E-state index in [2.05, 4.69) is 0 Å². The Morgan fingerprint density at radius 1 is 1.22 bits per heavy atom. The van der Waals surface area contributed by atoms with E-state index in [0.717, 1.165) is 12.1 Å². The fourth-order valence-corrected chi connectivity index (χ4v) is 1.19. The van der Waals surface area contributed by atoms with Gasteiger partial charge in [-0.1, -0.05) is 0 Å². The molecule has 0 saturated carbocycles. The molecular weight excluding hydrogens is 244 g/mol. The quantitative estimate of drug-likeness (QED) is 0.886. The van der Waals surface area contributed by atoms with Gasteiger partial charge in [0, 0.05) is 12.1 Å². The Bertz CT molecular complexity index is 432. The van der Waals surface area contributed by atoms with E-state index in [4.69, 9.17) is 9.47 Å². The Hall–Kier alpha value is -1.85. The molecule has 1 aromatic rings. The molecule has 1 rings (SSSR count). The molecule has 0 aliphatic rings. The van der Waals surface area contributed by atoms with Crippen LogP contribution in [0.5, 0.6) is 5.75 Å². The lowest BCUT2D eigenvalue weighted by Crippen LogP contribution is -2.27. The second-order valence-corrected chi connectivity index (χ2v) is 4.59. The summed E-state index contributed by atoms with van der Waals surface area (Å²) in [5.41, 5.74) is -1.31. The van der Waals surface area contributed by atoms with Gasteiger partial charge in [-0.15, -0.1) is 0 Å². The van der Waals surface area contributed by atoms with E-state index in [1.54, 1.807) is 20.8 Å². The third-order valence-electron chi connectivity index (χ3n) is 1.88. The number of carbonyl (C=O) groups is 1. The second-order valence-electron chi connectivity index (χ2n) is 4.59. The Kier molecular flexibility index (Phi) is 4.11. The summed E-state index contributed by atoms with van der Waals surface area (Å²) < 4.78 is 36.6. The smallest absolute Gasteiger partial charge is 0.412 e. The highest BCUT2D eigenvalue weighted by atomic mass is 19.1. The van der Waals surface area contributed by atoms with E-state index >= 15 is 0 Å². The van der Waals surface area contributed by atoms with Crippen molar-refractivity contribution in [1.82, 2.24) is 0 Å². The number of hydrogen-bond acceptors (Lipinski definition) is 3. The topological polar surface area (TPSA) is 47.6 Å². The van der Waals surface area contributed by atoms with Crippen LogP contribution >= 0.6 is 0 Å². The summed E-state index contributed by atoms with van der Waals surface area (Å²) in [6, 6.07) is 1.94. The van der Waals surface area contributed by atoms with Gasteiger partial charge >= 0.3 is 6.09 Å². The highest BCUT2D eigenvalue weighted by Gasteiger charge is 2.19. The third-order valence-corrected chi connectivity index (χ3v) is 1.88. The van der Waals surface area contributed by atoms with Crippen LogP contribution in [0, 0.1) is 11.6 Å². The zero-order valence-electron chi connectivity index (χ0n) is 10.6. The highest BCUT2D eigenvalue weighted by Crippen LogP contribution is 2.25. The average Bonchev–Trinajstić information content (AvgIpc) is 2.20. The van der Waals surface area contributed by atoms with Crippen LogP contribution < -0.4 is 10.1 Å². The van der Waals surface area contributed by atoms with Crippen molar-refractivity contribution in [3.05, 3.63) is 23.8 Å². The van der Waals surface area contributed by atoms with Gasteiger partial charge in [0.2, 0.25) is 0 Å². The van der Waals surface area contributed by atoms with Crippen molar-refractivity contribution < 1.29 is 23.0 Å². The molecule has 0 spiro atoms. The van der Waals surface area contributed by atoms with Gasteiger partial charge in [0.15, 0.2) is 11.6 Å². The Morgan fingerprint density at radius 3 is 2.11 bits per heavy atom. The molecular formula is C12H15F2NO3. The first kappa shape index (κ1) is 14.2. The van der Waals surface area contributed by atoms with Crippen LogP contribution in [-0.4, -0.2) is 18.8 Å². The van der Waals surface area contributed by atoms with Gasteiger partial charge in [0.05, 0.1) is 7.11 Å². The number of amides is 1. The first-order valence-electron chi connectivity index (χ1n) is 5.26. The number of anilines is 1. The molecule has 0 aliphatic heterocycles. The fourth-order valence-electron chi connectivity index (χ4n) is 1.19. The molecule has 0 radical (unpaired) electrons. The van der Waals surface area contributed by atoms with Crippen LogP contribution in [0.1, 0.15) is 20.8 Å². The number of methoxy groups -OCH3 is 1. The lowest BCUT2D eigenvalue weighted by Gasteiger charge is -2.20. The fraction of sp³-hybridized carbons (Fsp3) is 0.417. The molecule has 0 heterocycles. The van der Waals surface area contributed by atoms with Gasteiger partial charge in [0.25, 0.3) is 0 Å². The summed E-state index contributed by atoms with van der Waals surface area (Å²) in [4.78, 5) is 11.4. The summed E-state index contributed by atoms with van der Waals surface area (Å²) in [5, 5.41) is 2.02. The normalized spacial score (nSPS) is 11.0. The molecule has 18 heavy (non-hydrogen) atoms. The Morgan fingerprint density at radius 2 is 1.72 bits per heavy atom. The minimum absolute atomic E-state index is 0.0275. The van der Waals surface area contributed by atoms with Crippen LogP contribution in [-0.2, 0) is 4.74 Å². The summed E-state index contributed by atoms with van der Waals surface area (Å²) in [7, 11) is 1.29. The Labute approximate surface area is 104 Å². The molecule has 0 aromatic heterocycles. The SMILES string of the molecule is COc1cc(F)c(NC(=O)OC(C)(C)C)c(F)c1. The van der Waals surface area contributed by atoms with Crippen LogP contribution in [0.2, 0.25) is 0 Å². The van der Waals surface area contributed by atoms with E-state index in [1.165, 1.54) is 7.11 Å². The van der Waals surface area contributed by atoms with E-state index in [-0.39, 0.29) is 5.75 Å². The van der Waals surface area contributed by atoms with Gasteiger partial charge in [-0.25, -0.2) is 13.6 Å². The van der Waals surface area contributed by atoms with Crippen molar-refractivity contribution in [1.29, 1.82) is 0 Å². The molecule has 4 nitrogen and oxygen atoms in total. The van der Waals surface area contributed by atoms with Crippen molar-refractivity contribution >= 4 is 11.8 Å². The summed E-state index contributed by atoms with van der Waals surface area (Å²) in [5.74, 6) is -1.84. The maximum Gasteiger partial charge on any atom is 0.412 e. The summed E-state index contributed by atoms with van der Waals surface area (Å²) in [6.07, 6.45) is -0.925. The molecule has 0 fully saturated rings. The van der Waals surface area contributed by atoms with Crippen LogP contribution in [0.4, 0.5) is 19.3 Å². The Balaban J connectivity index is 2.88. The first-order chi connectivity index (χ1) is 8.23. The minimum atomic E-state index is -0.933. The second kappa shape index (κ2) is 5.20. The van der Waals surface area contributed by atoms with Gasteiger partial charge in [-0.2, -0.15) is 0 Å². The molecule has 0 saturated heterocycles. The van der Waals surface area contributed by atoms with Crippen molar-refractivity contribution in [2.24, 2.45) is 0 Å². The molecule has 100 valence electrons. The van der Waals surface area contributed by atoms with Gasteiger partial charge < -0.3 is 9.47 Å². The maximum atomic E-state index is 13.5. The van der Waals surface area contributed by atoms with Crippen molar-refractivity contribution in [3.8, 4) is 5.75 Å². The largest absolute Gasteiger partial charge is 0.497 e. The highest BCUT2D eigenvalue weighted by molar-refractivity contribution is 5.85. The number of carbonyl (C=O) groups excluding carboxylic acids is 1. The van der Waals surface area contributed by atoms with Crippen LogP contribution in [0.25, 0.3) is 0 Å². The van der Waals surface area contributed by atoms with Crippen molar-refractivity contribution in [2.45, 2.75) is 26.4 Å². The first-order valence-corrected chi connectivity index (χ1v) is 5.26.